The van der Waals surface area contributed by atoms with Gasteiger partial charge in [-0.25, -0.2) is 4.79 Å². The molecular formula is C19H29N5O2Si. The number of carbonyl (C=O) groups is 1. The number of fused-ring (bicyclic) bond motifs is 1. The molecule has 8 heteroatoms. The van der Waals surface area contributed by atoms with Crippen molar-refractivity contribution in [3.05, 3.63) is 23.7 Å². The van der Waals surface area contributed by atoms with Crippen molar-refractivity contribution in [3.63, 3.8) is 0 Å². The monoisotopic (exact) mass is 387 g/mol. The Morgan fingerprint density at radius 3 is 2.37 bits per heavy atom. The molecule has 0 saturated carbocycles. The summed E-state index contributed by atoms with van der Waals surface area (Å²) in [5.74, 6) is 3.72. The highest BCUT2D eigenvalue weighted by molar-refractivity contribution is 6.87. The predicted octanol–water partition coefficient (Wildman–Crippen LogP) is 3.88. The molecular weight excluding hydrogens is 358 g/mol. The number of aromatic nitrogens is 4. The average molecular weight is 388 g/mol. The van der Waals surface area contributed by atoms with Crippen molar-refractivity contribution in [2.45, 2.75) is 65.7 Å². The van der Waals surface area contributed by atoms with Crippen molar-refractivity contribution >= 4 is 19.8 Å². The van der Waals surface area contributed by atoms with E-state index in [9.17, 15) is 9.90 Å². The van der Waals surface area contributed by atoms with Gasteiger partial charge in [-0.3, -0.25) is 0 Å². The Hall–Kier alpha value is -2.40. The summed E-state index contributed by atoms with van der Waals surface area (Å²) in [6, 6.07) is 6.50. The van der Waals surface area contributed by atoms with Crippen molar-refractivity contribution in [2.24, 2.45) is 5.41 Å². The van der Waals surface area contributed by atoms with Gasteiger partial charge in [0.05, 0.1) is 6.04 Å². The first-order valence-electron chi connectivity index (χ1n) is 9.40. The molecule has 0 radical (unpaired) electrons. The summed E-state index contributed by atoms with van der Waals surface area (Å²) in [5.41, 5.74) is 4.36. The van der Waals surface area contributed by atoms with Gasteiger partial charge in [0.2, 0.25) is 0 Å². The summed E-state index contributed by atoms with van der Waals surface area (Å²) in [6.07, 6.45) is -1.10. The van der Waals surface area contributed by atoms with E-state index in [0.717, 1.165) is 18.1 Å². The second kappa shape index (κ2) is 8.09. The normalized spacial score (nSPS) is 13.1. The lowest BCUT2D eigenvalue weighted by Crippen LogP contribution is -2.37. The van der Waals surface area contributed by atoms with Crippen LogP contribution in [0.5, 0.6) is 0 Å². The van der Waals surface area contributed by atoms with Crippen LogP contribution in [0, 0.1) is 16.9 Å². The zero-order valence-electron chi connectivity index (χ0n) is 17.0. The van der Waals surface area contributed by atoms with Crippen LogP contribution in [0.4, 0.5) is 4.79 Å². The Labute approximate surface area is 161 Å². The zero-order chi connectivity index (χ0) is 20.2. The topological polar surface area (TPSA) is 92.4 Å². The summed E-state index contributed by atoms with van der Waals surface area (Å²) in [5, 5.41) is 24.7. The molecule has 146 valence electrons. The van der Waals surface area contributed by atoms with Crippen LogP contribution in [-0.4, -0.2) is 39.1 Å². The first-order valence-corrected chi connectivity index (χ1v) is 12.0. The molecule has 2 N–H and O–H groups in total. The third-order valence-electron chi connectivity index (χ3n) is 5.17. The maximum atomic E-state index is 11.3. The summed E-state index contributed by atoms with van der Waals surface area (Å²) in [6.45, 7) is 12.5. The second-order valence-electron chi connectivity index (χ2n) is 7.89. The molecule has 2 heterocycles. The Morgan fingerprint density at radius 1 is 1.22 bits per heavy atom. The first-order chi connectivity index (χ1) is 12.7. The van der Waals surface area contributed by atoms with Gasteiger partial charge in [0.15, 0.2) is 11.5 Å². The molecule has 0 aliphatic heterocycles. The number of nitrogens with zero attached hydrogens (tertiary/aromatic N) is 4. The summed E-state index contributed by atoms with van der Waals surface area (Å²) in [7, 11) is -1.57. The molecule has 0 aliphatic rings. The lowest BCUT2D eigenvalue weighted by Gasteiger charge is -2.28. The molecule has 0 aromatic carbocycles. The van der Waals surface area contributed by atoms with Gasteiger partial charge in [0, 0.05) is 0 Å². The molecule has 1 atom stereocenters. The number of nitrogens with one attached hydrogen (secondary N) is 1. The largest absolute Gasteiger partial charge is 0.465 e. The lowest BCUT2D eigenvalue weighted by molar-refractivity contribution is 0.172. The molecule has 1 unspecified atom stereocenters. The van der Waals surface area contributed by atoms with Gasteiger partial charge in [0.25, 0.3) is 0 Å². The van der Waals surface area contributed by atoms with Crippen LogP contribution in [0.3, 0.4) is 0 Å². The highest BCUT2D eigenvalue weighted by Gasteiger charge is 2.32. The maximum Gasteiger partial charge on any atom is 0.405 e. The third-order valence-corrected chi connectivity index (χ3v) is 9.88. The van der Waals surface area contributed by atoms with Crippen molar-refractivity contribution in [3.8, 4) is 11.5 Å². The Balaban J connectivity index is 2.51. The van der Waals surface area contributed by atoms with Gasteiger partial charge in [-0.1, -0.05) is 47.5 Å². The quantitative estimate of drug-likeness (QED) is 0.600. The minimum atomic E-state index is -1.57. The average Bonchev–Trinajstić information content (AvgIpc) is 3.03. The van der Waals surface area contributed by atoms with Crippen LogP contribution in [0.1, 0.15) is 59.1 Å². The molecule has 0 spiro atoms. The molecule has 2 aromatic rings. The van der Waals surface area contributed by atoms with Crippen molar-refractivity contribution in [1.82, 2.24) is 25.1 Å². The van der Waals surface area contributed by atoms with E-state index in [4.69, 9.17) is 0 Å². The highest BCUT2D eigenvalue weighted by atomic mass is 28.3. The molecule has 0 bridgehead atoms. The van der Waals surface area contributed by atoms with Crippen LogP contribution in [-0.2, 0) is 0 Å². The van der Waals surface area contributed by atoms with E-state index in [-0.39, 0.29) is 5.41 Å². The van der Waals surface area contributed by atoms with Crippen LogP contribution in [0.25, 0.3) is 5.65 Å². The fourth-order valence-electron chi connectivity index (χ4n) is 3.06. The van der Waals surface area contributed by atoms with Crippen LogP contribution < -0.4 is 5.32 Å². The SMILES string of the molecule is CC[Si](C#Cc1ccc2nnc(C(NC(=O)O)C(C)(C)C)n2n1)(CC)CC. The Morgan fingerprint density at radius 2 is 1.85 bits per heavy atom. The first kappa shape index (κ1) is 20.9. The molecule has 7 nitrogen and oxygen atoms in total. The number of hydrogen-bond donors (Lipinski definition) is 2. The highest BCUT2D eigenvalue weighted by Crippen LogP contribution is 2.31. The summed E-state index contributed by atoms with van der Waals surface area (Å²) >= 11 is 0. The van der Waals surface area contributed by atoms with E-state index in [2.05, 4.69) is 52.8 Å². The van der Waals surface area contributed by atoms with Crippen LogP contribution in [0.2, 0.25) is 18.1 Å². The summed E-state index contributed by atoms with van der Waals surface area (Å²) in [4.78, 5) is 11.3. The molecule has 0 saturated heterocycles. The Bertz CT molecular complexity index is 863. The van der Waals surface area contributed by atoms with Gasteiger partial charge in [-0.05, 0) is 35.7 Å². The third kappa shape index (κ3) is 4.66. The standard InChI is InChI=1S/C19H29N5O2Si/c1-7-27(8-2,9-3)13-12-14-10-11-15-21-22-17(24(15)23-14)16(19(4,5)6)20-18(25)26/h10-11,16,20H,7-9H2,1-6H3,(H,25,26). The molecule has 1 amide bonds. The number of rotatable bonds is 5. The van der Waals surface area contributed by atoms with Crippen LogP contribution >= 0.6 is 0 Å². The predicted molar refractivity (Wildman–Crippen MR) is 108 cm³/mol. The van der Waals surface area contributed by atoms with E-state index in [0.29, 0.717) is 17.2 Å². The zero-order valence-corrected chi connectivity index (χ0v) is 18.0. The minimum Gasteiger partial charge on any atom is -0.465 e. The lowest BCUT2D eigenvalue weighted by atomic mass is 9.86. The van der Waals surface area contributed by atoms with Gasteiger partial charge >= 0.3 is 6.09 Å². The van der Waals surface area contributed by atoms with Crippen molar-refractivity contribution < 1.29 is 9.90 Å². The molecule has 27 heavy (non-hydrogen) atoms. The van der Waals surface area contributed by atoms with E-state index in [1.807, 2.05) is 32.9 Å². The molecule has 2 aromatic heterocycles. The van der Waals surface area contributed by atoms with E-state index in [1.165, 1.54) is 0 Å². The van der Waals surface area contributed by atoms with E-state index in [1.54, 1.807) is 4.52 Å². The second-order valence-corrected chi connectivity index (χ2v) is 12.8. The minimum absolute atomic E-state index is 0.389. The van der Waals surface area contributed by atoms with Crippen molar-refractivity contribution in [1.29, 1.82) is 0 Å². The van der Waals surface area contributed by atoms with Crippen LogP contribution in [0.15, 0.2) is 12.1 Å². The van der Waals surface area contributed by atoms with Gasteiger partial charge < -0.3 is 10.4 Å². The van der Waals surface area contributed by atoms with Gasteiger partial charge in [-0.15, -0.1) is 15.7 Å². The Kier molecular flexibility index (Phi) is 6.26. The number of amides is 1. The number of hydrogen-bond acceptors (Lipinski definition) is 4. The fourth-order valence-corrected chi connectivity index (χ4v) is 5.48. The van der Waals surface area contributed by atoms with E-state index >= 15 is 0 Å². The molecule has 2 rings (SSSR count). The van der Waals surface area contributed by atoms with E-state index < -0.39 is 20.2 Å². The van der Waals surface area contributed by atoms with Gasteiger partial charge in [-0.2, -0.15) is 9.61 Å². The van der Waals surface area contributed by atoms with Crippen molar-refractivity contribution in [2.75, 3.05) is 0 Å². The molecule has 0 aliphatic carbocycles. The number of carboxylic acid groups (broad SMARTS) is 1. The smallest absolute Gasteiger partial charge is 0.405 e. The fraction of sp³-hybridized carbons (Fsp3) is 0.579. The summed E-state index contributed by atoms with van der Waals surface area (Å²) < 4.78 is 1.60. The molecule has 0 fully saturated rings. The van der Waals surface area contributed by atoms with Gasteiger partial charge in [0.1, 0.15) is 13.8 Å². The maximum absolute atomic E-state index is 11.3.